The number of carbonyl (C=O) groups is 1. The second kappa shape index (κ2) is 5.24. The number of aromatic hydroxyl groups is 1. The molecule has 0 fully saturated rings. The lowest BCUT2D eigenvalue weighted by Gasteiger charge is -2.09. The van der Waals surface area contributed by atoms with Gasteiger partial charge in [0.1, 0.15) is 11.5 Å². The third kappa shape index (κ3) is 3.16. The maximum atomic E-state index is 11.1. The van der Waals surface area contributed by atoms with Crippen molar-refractivity contribution in [2.24, 2.45) is 0 Å². The third-order valence-electron chi connectivity index (χ3n) is 1.91. The van der Waals surface area contributed by atoms with Crippen molar-refractivity contribution in [2.75, 3.05) is 13.7 Å². The molecule has 0 spiro atoms. The predicted octanol–water partition coefficient (Wildman–Crippen LogP) is 1.51. The number of hydrogen-bond acceptors (Lipinski definition) is 4. The molecule has 0 aliphatic heterocycles. The number of phenols is 1. The fourth-order valence-electron chi connectivity index (χ4n) is 1.23. The molecule has 82 valence electrons. The van der Waals surface area contributed by atoms with Crippen molar-refractivity contribution < 1.29 is 19.4 Å². The van der Waals surface area contributed by atoms with Crippen LogP contribution in [0.5, 0.6) is 11.5 Å². The van der Waals surface area contributed by atoms with E-state index in [-0.39, 0.29) is 18.1 Å². The Morgan fingerprint density at radius 1 is 1.47 bits per heavy atom. The van der Waals surface area contributed by atoms with E-state index in [2.05, 4.69) is 4.74 Å². The number of phenolic OH excluding ortho intramolecular Hbond substituents is 1. The molecule has 1 aromatic rings. The summed E-state index contributed by atoms with van der Waals surface area (Å²) in [5, 5.41) is 9.28. The maximum Gasteiger partial charge on any atom is 0.310 e. The molecule has 0 aliphatic rings. The van der Waals surface area contributed by atoms with E-state index in [1.54, 1.807) is 6.07 Å². The van der Waals surface area contributed by atoms with E-state index in [9.17, 15) is 9.90 Å². The van der Waals surface area contributed by atoms with Crippen LogP contribution in [0.2, 0.25) is 0 Å². The summed E-state index contributed by atoms with van der Waals surface area (Å²) in [5.74, 6) is 0.347. The summed E-state index contributed by atoms with van der Waals surface area (Å²) in [6.07, 6.45) is 0.0975. The topological polar surface area (TPSA) is 55.8 Å². The van der Waals surface area contributed by atoms with E-state index in [1.807, 2.05) is 6.92 Å². The number of rotatable bonds is 4. The standard InChI is InChI=1S/C11H14O4/c1-3-15-10-5-4-9(12)6-8(10)7-11(13)14-2/h4-6,12H,3,7H2,1-2H3. The first-order valence-corrected chi connectivity index (χ1v) is 4.69. The first-order chi connectivity index (χ1) is 7.17. The first kappa shape index (κ1) is 11.4. The van der Waals surface area contributed by atoms with Crippen molar-refractivity contribution >= 4 is 5.97 Å². The van der Waals surface area contributed by atoms with Gasteiger partial charge in [-0.2, -0.15) is 0 Å². The normalized spacial score (nSPS) is 9.73. The van der Waals surface area contributed by atoms with Crippen LogP contribution in [0.25, 0.3) is 0 Å². The second-order valence-electron chi connectivity index (χ2n) is 2.98. The van der Waals surface area contributed by atoms with Gasteiger partial charge in [0, 0.05) is 5.56 Å². The van der Waals surface area contributed by atoms with Crippen molar-refractivity contribution in [3.63, 3.8) is 0 Å². The van der Waals surface area contributed by atoms with Gasteiger partial charge < -0.3 is 14.6 Å². The van der Waals surface area contributed by atoms with Crippen LogP contribution in [-0.2, 0) is 16.0 Å². The molecule has 1 N–H and O–H groups in total. The molecule has 15 heavy (non-hydrogen) atoms. The Labute approximate surface area is 88.4 Å². The zero-order valence-corrected chi connectivity index (χ0v) is 8.82. The highest BCUT2D eigenvalue weighted by molar-refractivity contribution is 5.73. The highest BCUT2D eigenvalue weighted by Gasteiger charge is 2.09. The molecule has 0 bridgehead atoms. The van der Waals surface area contributed by atoms with E-state index in [0.29, 0.717) is 17.9 Å². The molecular weight excluding hydrogens is 196 g/mol. The van der Waals surface area contributed by atoms with E-state index in [0.717, 1.165) is 0 Å². The minimum atomic E-state index is -0.360. The molecule has 4 heteroatoms. The minimum Gasteiger partial charge on any atom is -0.508 e. The van der Waals surface area contributed by atoms with E-state index < -0.39 is 0 Å². The van der Waals surface area contributed by atoms with Crippen LogP contribution in [0.4, 0.5) is 0 Å². The van der Waals surface area contributed by atoms with Crippen LogP contribution in [0.1, 0.15) is 12.5 Å². The number of esters is 1. The van der Waals surface area contributed by atoms with Crippen LogP contribution < -0.4 is 4.74 Å². The molecule has 1 rings (SSSR count). The average Bonchev–Trinajstić information content (AvgIpc) is 2.22. The van der Waals surface area contributed by atoms with Crippen LogP contribution in [0.15, 0.2) is 18.2 Å². The zero-order chi connectivity index (χ0) is 11.3. The summed E-state index contributed by atoms with van der Waals surface area (Å²) >= 11 is 0. The molecule has 0 unspecified atom stereocenters. The lowest BCUT2D eigenvalue weighted by Crippen LogP contribution is -2.06. The molecule has 4 nitrogen and oxygen atoms in total. The Hall–Kier alpha value is -1.71. The Bertz CT molecular complexity index is 346. The number of methoxy groups -OCH3 is 1. The van der Waals surface area contributed by atoms with Crippen LogP contribution in [0.3, 0.4) is 0 Å². The van der Waals surface area contributed by atoms with Gasteiger partial charge in [-0.1, -0.05) is 0 Å². The summed E-state index contributed by atoms with van der Waals surface area (Å²) in [7, 11) is 1.32. The number of carbonyl (C=O) groups excluding carboxylic acids is 1. The van der Waals surface area contributed by atoms with Crippen LogP contribution in [-0.4, -0.2) is 24.8 Å². The average molecular weight is 210 g/mol. The summed E-state index contributed by atoms with van der Waals surface area (Å²) < 4.78 is 9.87. The maximum absolute atomic E-state index is 11.1. The van der Waals surface area contributed by atoms with Crippen molar-refractivity contribution in [2.45, 2.75) is 13.3 Å². The van der Waals surface area contributed by atoms with Gasteiger partial charge in [0.25, 0.3) is 0 Å². The van der Waals surface area contributed by atoms with Crippen LogP contribution in [0, 0.1) is 0 Å². The fraction of sp³-hybridized carbons (Fsp3) is 0.364. The minimum absolute atomic E-state index is 0.0975. The lowest BCUT2D eigenvalue weighted by atomic mass is 10.1. The predicted molar refractivity (Wildman–Crippen MR) is 55.0 cm³/mol. The third-order valence-corrected chi connectivity index (χ3v) is 1.91. The molecule has 0 radical (unpaired) electrons. The second-order valence-corrected chi connectivity index (χ2v) is 2.98. The molecule has 0 saturated carbocycles. The lowest BCUT2D eigenvalue weighted by molar-refractivity contribution is -0.139. The molecule has 0 aromatic heterocycles. The van der Waals surface area contributed by atoms with Gasteiger partial charge >= 0.3 is 5.97 Å². The van der Waals surface area contributed by atoms with E-state index >= 15 is 0 Å². The zero-order valence-electron chi connectivity index (χ0n) is 8.82. The summed E-state index contributed by atoms with van der Waals surface area (Å²) in [6, 6.07) is 4.66. The molecular formula is C11H14O4. The Balaban J connectivity index is 2.91. The monoisotopic (exact) mass is 210 g/mol. The van der Waals surface area contributed by atoms with Gasteiger partial charge in [-0.25, -0.2) is 0 Å². The largest absolute Gasteiger partial charge is 0.508 e. The van der Waals surface area contributed by atoms with Gasteiger partial charge in [-0.05, 0) is 25.1 Å². The number of benzene rings is 1. The number of hydrogen-bond donors (Lipinski definition) is 1. The van der Waals surface area contributed by atoms with Gasteiger partial charge in [-0.15, -0.1) is 0 Å². The van der Waals surface area contributed by atoms with Gasteiger partial charge in [-0.3, -0.25) is 4.79 Å². The van der Waals surface area contributed by atoms with E-state index in [1.165, 1.54) is 19.2 Å². The van der Waals surface area contributed by atoms with Crippen molar-refractivity contribution in [3.05, 3.63) is 23.8 Å². The first-order valence-electron chi connectivity index (χ1n) is 4.69. The molecule has 1 aromatic carbocycles. The van der Waals surface area contributed by atoms with Crippen molar-refractivity contribution in [3.8, 4) is 11.5 Å². The quantitative estimate of drug-likeness (QED) is 0.765. The van der Waals surface area contributed by atoms with Gasteiger partial charge in [0.2, 0.25) is 0 Å². The van der Waals surface area contributed by atoms with Crippen molar-refractivity contribution in [1.29, 1.82) is 0 Å². The summed E-state index contributed by atoms with van der Waals surface area (Å²) in [5.41, 5.74) is 0.628. The smallest absolute Gasteiger partial charge is 0.310 e. The van der Waals surface area contributed by atoms with Gasteiger partial charge in [0.05, 0.1) is 20.1 Å². The van der Waals surface area contributed by atoms with Crippen LogP contribution >= 0.6 is 0 Å². The van der Waals surface area contributed by atoms with Gasteiger partial charge in [0.15, 0.2) is 0 Å². The van der Waals surface area contributed by atoms with E-state index in [4.69, 9.17) is 4.74 Å². The molecule has 0 atom stereocenters. The molecule has 0 amide bonds. The Kier molecular flexibility index (Phi) is 3.97. The molecule has 0 saturated heterocycles. The Morgan fingerprint density at radius 3 is 2.80 bits per heavy atom. The van der Waals surface area contributed by atoms with Crippen molar-refractivity contribution in [1.82, 2.24) is 0 Å². The SMILES string of the molecule is CCOc1ccc(O)cc1CC(=O)OC. The highest BCUT2D eigenvalue weighted by atomic mass is 16.5. The molecule has 0 heterocycles. The fourth-order valence-corrected chi connectivity index (χ4v) is 1.23. The number of ether oxygens (including phenoxy) is 2. The highest BCUT2D eigenvalue weighted by Crippen LogP contribution is 2.24. The Morgan fingerprint density at radius 2 is 2.20 bits per heavy atom. The summed E-state index contributed by atoms with van der Waals surface area (Å²) in [6.45, 7) is 2.37. The summed E-state index contributed by atoms with van der Waals surface area (Å²) in [4.78, 5) is 11.1. The molecule has 0 aliphatic carbocycles.